The fourth-order valence-corrected chi connectivity index (χ4v) is 4.26. The summed E-state index contributed by atoms with van der Waals surface area (Å²) in [7, 11) is 0. The normalized spacial score (nSPS) is 14.3. The summed E-state index contributed by atoms with van der Waals surface area (Å²) in [5.74, 6) is 0.746. The molecule has 9 nitrogen and oxygen atoms in total. The maximum absolute atomic E-state index is 9.31. The van der Waals surface area contributed by atoms with Crippen LogP contribution in [0.3, 0.4) is 0 Å². The summed E-state index contributed by atoms with van der Waals surface area (Å²) < 4.78 is 5.43. The van der Waals surface area contributed by atoms with E-state index >= 15 is 0 Å². The van der Waals surface area contributed by atoms with Gasteiger partial charge in [-0.25, -0.2) is 0 Å². The number of fused-ring (bicyclic) bond motifs is 1. The summed E-state index contributed by atoms with van der Waals surface area (Å²) in [6.45, 7) is 4.94. The van der Waals surface area contributed by atoms with Crippen LogP contribution in [0.1, 0.15) is 16.4 Å². The van der Waals surface area contributed by atoms with Crippen molar-refractivity contribution in [2.45, 2.75) is 13.1 Å². The Kier molecular flexibility index (Phi) is 5.93. The van der Waals surface area contributed by atoms with Crippen LogP contribution >= 0.6 is 11.3 Å². The van der Waals surface area contributed by atoms with Gasteiger partial charge in [-0.05, 0) is 35.0 Å². The van der Waals surface area contributed by atoms with Gasteiger partial charge in [0.05, 0.1) is 19.8 Å². The van der Waals surface area contributed by atoms with E-state index in [1.165, 1.54) is 5.69 Å². The molecule has 0 saturated carbocycles. The molecule has 1 aliphatic rings. The number of hydrogen-bond acceptors (Lipinski definition) is 9. The molecular weight excluding hydrogens is 424 g/mol. The molecule has 4 aromatic rings. The first-order valence-electron chi connectivity index (χ1n) is 10.4. The van der Waals surface area contributed by atoms with Crippen molar-refractivity contribution >= 4 is 39.8 Å². The Hall–Kier alpha value is -3.52. The summed E-state index contributed by atoms with van der Waals surface area (Å²) in [5.41, 5.74) is 3.03. The molecule has 1 saturated heterocycles. The standard InChI is InChI=1S/C22H22N8OS/c23-12-20-27-21(24-13-18-2-1-9-32-18)29-22(28-20)26-16-4-3-15-10-17(25-19(15)11-16)14-30-5-7-31-8-6-30/h1-4,9-11,25H,5-8,13-14H2,(H2,24,26,27,28,29). The van der Waals surface area contributed by atoms with Crippen LogP contribution in [-0.2, 0) is 17.8 Å². The van der Waals surface area contributed by atoms with E-state index in [9.17, 15) is 5.26 Å². The van der Waals surface area contributed by atoms with Crippen LogP contribution in [0.25, 0.3) is 10.9 Å². The van der Waals surface area contributed by atoms with Crippen LogP contribution in [0.4, 0.5) is 17.6 Å². The van der Waals surface area contributed by atoms with Gasteiger partial charge in [-0.3, -0.25) is 4.90 Å². The fraction of sp³-hybridized carbons (Fsp3) is 0.273. The average molecular weight is 447 g/mol. The van der Waals surface area contributed by atoms with Gasteiger partial charge in [-0.2, -0.15) is 20.2 Å². The van der Waals surface area contributed by atoms with Crippen molar-refractivity contribution < 1.29 is 4.74 Å². The third-order valence-corrected chi connectivity index (χ3v) is 6.04. The number of morpholine rings is 1. The SMILES string of the molecule is N#Cc1nc(NCc2cccs2)nc(Nc2ccc3cc(CN4CCOCC4)[nH]c3c2)n1. The van der Waals surface area contributed by atoms with Crippen molar-refractivity contribution in [3.63, 3.8) is 0 Å². The predicted octanol–water partition coefficient (Wildman–Crippen LogP) is 3.47. The van der Waals surface area contributed by atoms with E-state index in [4.69, 9.17) is 4.74 Å². The van der Waals surface area contributed by atoms with E-state index in [0.717, 1.165) is 54.3 Å². The first-order valence-corrected chi connectivity index (χ1v) is 11.2. The first kappa shape index (κ1) is 20.4. The number of nitrogens with one attached hydrogen (secondary N) is 3. The lowest BCUT2D eigenvalue weighted by atomic mass is 10.2. The quantitative estimate of drug-likeness (QED) is 0.395. The number of aromatic nitrogens is 4. The van der Waals surface area contributed by atoms with Gasteiger partial charge in [0, 0.05) is 41.4 Å². The molecule has 0 spiro atoms. The van der Waals surface area contributed by atoms with Crippen molar-refractivity contribution in [2.75, 3.05) is 36.9 Å². The van der Waals surface area contributed by atoms with Gasteiger partial charge >= 0.3 is 0 Å². The highest BCUT2D eigenvalue weighted by molar-refractivity contribution is 7.09. The molecule has 3 N–H and O–H groups in total. The smallest absolute Gasteiger partial charge is 0.238 e. The van der Waals surface area contributed by atoms with Crippen LogP contribution in [0.15, 0.2) is 41.8 Å². The van der Waals surface area contributed by atoms with Gasteiger partial charge in [0.1, 0.15) is 6.07 Å². The molecule has 1 aromatic carbocycles. The molecule has 5 rings (SSSR count). The molecule has 0 bridgehead atoms. The second kappa shape index (κ2) is 9.32. The zero-order valence-electron chi connectivity index (χ0n) is 17.3. The number of anilines is 3. The highest BCUT2D eigenvalue weighted by Crippen LogP contribution is 2.23. The number of rotatable bonds is 7. The van der Waals surface area contributed by atoms with Crippen molar-refractivity contribution in [3.05, 3.63) is 58.2 Å². The number of nitrogens with zero attached hydrogens (tertiary/aromatic N) is 5. The number of benzene rings is 1. The predicted molar refractivity (Wildman–Crippen MR) is 124 cm³/mol. The van der Waals surface area contributed by atoms with Crippen molar-refractivity contribution in [1.82, 2.24) is 24.8 Å². The number of thiophene rings is 1. The molecule has 3 aromatic heterocycles. The summed E-state index contributed by atoms with van der Waals surface area (Å²) in [5, 5.41) is 18.8. The second-order valence-corrected chi connectivity index (χ2v) is 8.49. The maximum Gasteiger partial charge on any atom is 0.238 e. The Bertz CT molecular complexity index is 1240. The fourth-order valence-electron chi connectivity index (χ4n) is 3.62. The van der Waals surface area contributed by atoms with Gasteiger partial charge in [-0.1, -0.05) is 12.1 Å². The maximum atomic E-state index is 9.31. The van der Waals surface area contributed by atoms with Crippen LogP contribution in [0.5, 0.6) is 0 Å². The Morgan fingerprint density at radius 3 is 2.81 bits per heavy atom. The Balaban J connectivity index is 1.31. The van der Waals surface area contributed by atoms with E-state index in [0.29, 0.717) is 18.4 Å². The minimum atomic E-state index is 0.0601. The lowest BCUT2D eigenvalue weighted by Crippen LogP contribution is -2.35. The highest BCUT2D eigenvalue weighted by atomic mass is 32.1. The summed E-state index contributed by atoms with van der Waals surface area (Å²) >= 11 is 1.65. The van der Waals surface area contributed by atoms with Crippen LogP contribution in [0.2, 0.25) is 0 Å². The Morgan fingerprint density at radius 2 is 2.00 bits per heavy atom. The van der Waals surface area contributed by atoms with Crippen molar-refractivity contribution in [3.8, 4) is 6.07 Å². The lowest BCUT2D eigenvalue weighted by molar-refractivity contribution is 0.0337. The lowest BCUT2D eigenvalue weighted by Gasteiger charge is -2.25. The summed E-state index contributed by atoms with van der Waals surface area (Å²) in [4.78, 5) is 19.8. The zero-order chi connectivity index (χ0) is 21.8. The molecule has 0 atom stereocenters. The van der Waals surface area contributed by atoms with E-state index in [1.54, 1.807) is 11.3 Å². The molecule has 4 heterocycles. The van der Waals surface area contributed by atoms with Crippen molar-refractivity contribution in [2.24, 2.45) is 0 Å². The zero-order valence-corrected chi connectivity index (χ0v) is 18.2. The Morgan fingerprint density at radius 1 is 1.12 bits per heavy atom. The van der Waals surface area contributed by atoms with E-state index in [1.807, 2.05) is 35.7 Å². The van der Waals surface area contributed by atoms with E-state index in [2.05, 4.69) is 47.6 Å². The largest absolute Gasteiger partial charge is 0.379 e. The molecule has 0 unspecified atom stereocenters. The second-order valence-electron chi connectivity index (χ2n) is 7.46. The third kappa shape index (κ3) is 4.86. The van der Waals surface area contributed by atoms with E-state index < -0.39 is 0 Å². The number of ether oxygens (including phenoxy) is 1. The number of H-pyrrole nitrogens is 1. The Labute approximate surface area is 189 Å². The van der Waals surface area contributed by atoms with Crippen LogP contribution in [0, 0.1) is 11.3 Å². The molecule has 1 fully saturated rings. The monoisotopic (exact) mass is 446 g/mol. The average Bonchev–Trinajstić information content (AvgIpc) is 3.47. The molecule has 32 heavy (non-hydrogen) atoms. The summed E-state index contributed by atoms with van der Waals surface area (Å²) in [6, 6.07) is 14.3. The van der Waals surface area contributed by atoms with Gasteiger partial charge in [0.15, 0.2) is 0 Å². The first-order chi connectivity index (χ1) is 15.7. The highest BCUT2D eigenvalue weighted by Gasteiger charge is 2.13. The number of nitriles is 1. The van der Waals surface area contributed by atoms with Gasteiger partial charge in [-0.15, -0.1) is 11.3 Å². The molecule has 1 aliphatic heterocycles. The van der Waals surface area contributed by atoms with Gasteiger partial charge in [0.25, 0.3) is 0 Å². The van der Waals surface area contributed by atoms with Gasteiger partial charge in [0.2, 0.25) is 17.7 Å². The number of aromatic amines is 1. The molecule has 10 heteroatoms. The van der Waals surface area contributed by atoms with E-state index in [-0.39, 0.29) is 5.82 Å². The van der Waals surface area contributed by atoms with Crippen LogP contribution < -0.4 is 10.6 Å². The molecule has 0 aliphatic carbocycles. The van der Waals surface area contributed by atoms with Crippen molar-refractivity contribution in [1.29, 1.82) is 5.26 Å². The van der Waals surface area contributed by atoms with Gasteiger partial charge < -0.3 is 20.4 Å². The molecule has 0 amide bonds. The number of hydrogen-bond donors (Lipinski definition) is 3. The minimum absolute atomic E-state index is 0.0601. The molecular formula is C22H22N8OS. The summed E-state index contributed by atoms with van der Waals surface area (Å²) in [6.07, 6.45) is 0. The minimum Gasteiger partial charge on any atom is -0.379 e. The topological polar surface area (TPSA) is 115 Å². The molecule has 162 valence electrons. The molecule has 0 radical (unpaired) electrons. The van der Waals surface area contributed by atoms with Crippen LogP contribution in [-0.4, -0.2) is 51.1 Å². The third-order valence-electron chi connectivity index (χ3n) is 5.17.